The number of alkyl halides is 1. The van der Waals surface area contributed by atoms with Gasteiger partial charge in [0.25, 0.3) is 0 Å². The molecule has 1 aromatic heterocycles. The van der Waals surface area contributed by atoms with E-state index < -0.39 is 18.0 Å². The Kier molecular flexibility index (Phi) is 4.92. The molecule has 0 saturated carbocycles. The molecular weight excluding hydrogens is 288 g/mol. The van der Waals surface area contributed by atoms with Crippen LogP contribution < -0.4 is 0 Å². The van der Waals surface area contributed by atoms with Gasteiger partial charge in [0.05, 0.1) is 12.3 Å². The molecule has 3 nitrogen and oxygen atoms in total. The molecule has 0 radical (unpaired) electrons. The van der Waals surface area contributed by atoms with Gasteiger partial charge in [-0.25, -0.2) is 9.37 Å². The molecule has 0 amide bonds. The number of nitrogens with zero attached hydrogens (tertiary/aromatic N) is 1. The lowest BCUT2D eigenvalue weighted by molar-refractivity contribution is 0.0152. The predicted octanol–water partition coefficient (Wildman–Crippen LogP) is 2.05. The molecule has 1 aromatic rings. The minimum atomic E-state index is -1.29. The number of rotatable bonds is 4. The van der Waals surface area contributed by atoms with E-state index >= 15 is 0 Å². The Morgan fingerprint density at radius 3 is 2.80 bits per heavy atom. The van der Waals surface area contributed by atoms with Crippen LogP contribution in [0.25, 0.3) is 0 Å². The van der Waals surface area contributed by atoms with Crippen LogP contribution in [-0.2, 0) is 0 Å². The van der Waals surface area contributed by atoms with E-state index in [2.05, 4.69) is 20.9 Å². The van der Waals surface area contributed by atoms with Crippen LogP contribution in [0.1, 0.15) is 18.1 Å². The normalized spacial score (nSPS) is 15.0. The molecule has 0 spiro atoms. The minimum absolute atomic E-state index is 0.0385. The highest BCUT2D eigenvalue weighted by Crippen LogP contribution is 2.23. The molecule has 0 aliphatic carbocycles. The van der Waals surface area contributed by atoms with Crippen molar-refractivity contribution in [1.82, 2.24) is 4.98 Å². The van der Waals surface area contributed by atoms with Crippen molar-refractivity contribution >= 4 is 27.5 Å². The molecule has 0 aliphatic rings. The van der Waals surface area contributed by atoms with Crippen LogP contribution in [0.3, 0.4) is 0 Å². The highest BCUT2D eigenvalue weighted by Gasteiger charge is 2.21. The minimum Gasteiger partial charge on any atom is -0.390 e. The van der Waals surface area contributed by atoms with Crippen LogP contribution in [-0.4, -0.2) is 26.6 Å². The fourth-order valence-corrected chi connectivity index (χ4v) is 1.77. The quantitative estimate of drug-likeness (QED) is 0.661. The molecule has 1 heterocycles. The molecule has 0 saturated heterocycles. The zero-order valence-corrected chi connectivity index (χ0v) is 10.0. The van der Waals surface area contributed by atoms with Gasteiger partial charge in [-0.1, -0.05) is 27.5 Å². The van der Waals surface area contributed by atoms with E-state index in [1.807, 2.05) is 0 Å². The van der Waals surface area contributed by atoms with Crippen LogP contribution in [0.15, 0.2) is 12.3 Å². The average Bonchev–Trinajstić information content (AvgIpc) is 2.21. The first kappa shape index (κ1) is 12.8. The van der Waals surface area contributed by atoms with E-state index in [1.54, 1.807) is 0 Å². The second-order valence-electron chi connectivity index (χ2n) is 3.02. The van der Waals surface area contributed by atoms with Crippen molar-refractivity contribution < 1.29 is 14.6 Å². The summed E-state index contributed by atoms with van der Waals surface area (Å²) in [6.07, 6.45) is -1.08. The van der Waals surface area contributed by atoms with Gasteiger partial charge >= 0.3 is 0 Å². The third-order valence-electron chi connectivity index (χ3n) is 1.94. The van der Waals surface area contributed by atoms with Gasteiger partial charge in [0.2, 0.25) is 0 Å². The van der Waals surface area contributed by atoms with E-state index in [1.165, 1.54) is 6.07 Å². The number of halogens is 3. The van der Waals surface area contributed by atoms with Crippen molar-refractivity contribution in [3.8, 4) is 0 Å². The third-order valence-corrected chi connectivity index (χ3v) is 2.60. The lowest BCUT2D eigenvalue weighted by atomic mass is 10.0. The van der Waals surface area contributed by atoms with Crippen molar-refractivity contribution in [1.29, 1.82) is 0 Å². The maximum Gasteiger partial charge on any atom is 0.147 e. The summed E-state index contributed by atoms with van der Waals surface area (Å²) >= 11 is 8.68. The summed E-state index contributed by atoms with van der Waals surface area (Å²) in [6.45, 7) is 0. The zero-order chi connectivity index (χ0) is 11.4. The van der Waals surface area contributed by atoms with Crippen LogP contribution in [0.2, 0.25) is 5.15 Å². The zero-order valence-electron chi connectivity index (χ0n) is 7.70. The summed E-state index contributed by atoms with van der Waals surface area (Å²) in [4.78, 5) is 3.52. The maximum absolute atomic E-state index is 13.2. The summed E-state index contributed by atoms with van der Waals surface area (Å²) in [5, 5.41) is 19.7. The first-order chi connectivity index (χ1) is 7.06. The van der Waals surface area contributed by atoms with Crippen LogP contribution in [0, 0.1) is 5.82 Å². The Bertz CT molecular complexity index is 340. The lowest BCUT2D eigenvalue weighted by Crippen LogP contribution is -2.19. The van der Waals surface area contributed by atoms with Gasteiger partial charge in [-0.05, 0) is 12.5 Å². The topological polar surface area (TPSA) is 53.4 Å². The van der Waals surface area contributed by atoms with Crippen molar-refractivity contribution in [3.63, 3.8) is 0 Å². The summed E-state index contributed by atoms with van der Waals surface area (Å²) in [5.41, 5.74) is -0.0385. The molecule has 84 valence electrons. The van der Waals surface area contributed by atoms with Crippen molar-refractivity contribution in [3.05, 3.63) is 28.8 Å². The smallest absolute Gasteiger partial charge is 0.147 e. The van der Waals surface area contributed by atoms with Gasteiger partial charge in [0, 0.05) is 10.9 Å². The molecular formula is C9H10BrClFNO2. The molecule has 2 N–H and O–H groups in total. The molecule has 1 rings (SSSR count). The molecule has 15 heavy (non-hydrogen) atoms. The van der Waals surface area contributed by atoms with Crippen molar-refractivity contribution in [2.24, 2.45) is 0 Å². The molecule has 2 unspecified atom stereocenters. The number of aromatic nitrogens is 1. The highest BCUT2D eigenvalue weighted by atomic mass is 79.9. The van der Waals surface area contributed by atoms with Gasteiger partial charge in [0.15, 0.2) is 0 Å². The molecule has 6 heteroatoms. The lowest BCUT2D eigenvalue weighted by Gasteiger charge is -2.17. The summed E-state index contributed by atoms with van der Waals surface area (Å²) in [7, 11) is 0. The van der Waals surface area contributed by atoms with Crippen LogP contribution in [0.5, 0.6) is 0 Å². The number of pyridine rings is 1. The summed E-state index contributed by atoms with van der Waals surface area (Å²) in [5.74, 6) is -0.680. The Morgan fingerprint density at radius 2 is 2.20 bits per heavy atom. The van der Waals surface area contributed by atoms with Crippen LogP contribution in [0.4, 0.5) is 4.39 Å². The van der Waals surface area contributed by atoms with Crippen molar-refractivity contribution in [2.75, 3.05) is 5.33 Å². The molecule has 0 aliphatic heterocycles. The molecule has 0 bridgehead atoms. The number of aliphatic hydroxyl groups is 2. The summed E-state index contributed by atoms with van der Waals surface area (Å²) < 4.78 is 13.2. The Balaban J connectivity index is 2.89. The number of hydrogen-bond donors (Lipinski definition) is 2. The van der Waals surface area contributed by atoms with E-state index in [0.717, 1.165) is 6.20 Å². The largest absolute Gasteiger partial charge is 0.390 e. The number of aliphatic hydroxyl groups excluding tert-OH is 2. The standard InChI is InChI=1S/C9H10BrClFNO2/c10-2-1-7(14)9(15)5-3-8(11)13-4-6(5)12/h3-4,7,9,14-15H,1-2H2. The fraction of sp³-hybridized carbons (Fsp3) is 0.444. The fourth-order valence-electron chi connectivity index (χ4n) is 1.13. The molecule has 2 atom stereocenters. The number of hydrogen-bond acceptors (Lipinski definition) is 3. The predicted molar refractivity (Wildman–Crippen MR) is 58.6 cm³/mol. The first-order valence-electron chi connectivity index (χ1n) is 4.29. The Labute approximate surface area is 100 Å². The van der Waals surface area contributed by atoms with E-state index in [0.29, 0.717) is 11.8 Å². The van der Waals surface area contributed by atoms with Crippen LogP contribution >= 0.6 is 27.5 Å². The second kappa shape index (κ2) is 5.75. The van der Waals surface area contributed by atoms with Gasteiger partial charge < -0.3 is 10.2 Å². The maximum atomic E-state index is 13.2. The third kappa shape index (κ3) is 3.38. The first-order valence-corrected chi connectivity index (χ1v) is 5.79. The van der Waals surface area contributed by atoms with Gasteiger partial charge in [0.1, 0.15) is 17.1 Å². The van der Waals surface area contributed by atoms with Gasteiger partial charge in [-0.2, -0.15) is 0 Å². The van der Waals surface area contributed by atoms with Crippen molar-refractivity contribution in [2.45, 2.75) is 18.6 Å². The molecule has 0 aromatic carbocycles. The Morgan fingerprint density at radius 1 is 1.53 bits per heavy atom. The Hall–Kier alpha value is -0.230. The SMILES string of the molecule is OC(CCBr)C(O)c1cc(Cl)ncc1F. The van der Waals surface area contributed by atoms with E-state index in [9.17, 15) is 14.6 Å². The van der Waals surface area contributed by atoms with Gasteiger partial charge in [-0.15, -0.1) is 0 Å². The molecule has 0 fully saturated rings. The average molecular weight is 299 g/mol. The van der Waals surface area contributed by atoms with Gasteiger partial charge in [-0.3, -0.25) is 0 Å². The van der Waals surface area contributed by atoms with E-state index in [-0.39, 0.29) is 10.7 Å². The monoisotopic (exact) mass is 297 g/mol. The highest BCUT2D eigenvalue weighted by molar-refractivity contribution is 9.09. The summed E-state index contributed by atoms with van der Waals surface area (Å²) in [6, 6.07) is 1.21. The second-order valence-corrected chi connectivity index (χ2v) is 4.20. The van der Waals surface area contributed by atoms with E-state index in [4.69, 9.17) is 11.6 Å².